The summed E-state index contributed by atoms with van der Waals surface area (Å²) >= 11 is 0. The summed E-state index contributed by atoms with van der Waals surface area (Å²) in [7, 11) is -3.93. The van der Waals surface area contributed by atoms with Crippen molar-refractivity contribution in [2.45, 2.75) is 37.5 Å². The van der Waals surface area contributed by atoms with E-state index >= 15 is 0 Å². The van der Waals surface area contributed by atoms with E-state index in [9.17, 15) is 13.2 Å². The van der Waals surface area contributed by atoms with E-state index in [1.807, 2.05) is 0 Å². The number of hydrogen-bond acceptors (Lipinski definition) is 5. The molecule has 1 fully saturated rings. The Hall–Kier alpha value is -1.44. The van der Waals surface area contributed by atoms with Crippen LogP contribution in [0.4, 0.5) is 0 Å². The SMILES string of the molecule is CCO[C@H]1C[C@H](OCC)N(S(=O)(=O)c2ccccc2)C1=O. The zero-order valence-corrected chi connectivity index (χ0v) is 12.9. The molecular weight excluding hydrogens is 294 g/mol. The molecule has 1 aliphatic heterocycles. The van der Waals surface area contributed by atoms with Crippen LogP contribution in [-0.4, -0.2) is 44.2 Å². The highest BCUT2D eigenvalue weighted by molar-refractivity contribution is 7.89. The van der Waals surface area contributed by atoms with Gasteiger partial charge in [-0.2, -0.15) is 0 Å². The maximum absolute atomic E-state index is 12.6. The van der Waals surface area contributed by atoms with E-state index in [2.05, 4.69) is 0 Å². The number of nitrogens with zero attached hydrogens (tertiary/aromatic N) is 1. The van der Waals surface area contributed by atoms with Gasteiger partial charge in [-0.25, -0.2) is 12.7 Å². The molecule has 7 heteroatoms. The number of benzene rings is 1. The van der Waals surface area contributed by atoms with Gasteiger partial charge in [-0.05, 0) is 26.0 Å². The number of ether oxygens (including phenoxy) is 2. The Morgan fingerprint density at radius 2 is 1.76 bits per heavy atom. The third-order valence-electron chi connectivity index (χ3n) is 3.20. The topological polar surface area (TPSA) is 72.9 Å². The molecule has 1 aliphatic rings. The largest absolute Gasteiger partial charge is 0.368 e. The molecule has 0 saturated carbocycles. The molecule has 0 spiro atoms. The number of carbonyl (C=O) groups excluding carboxylic acids is 1. The maximum Gasteiger partial charge on any atom is 0.268 e. The molecule has 0 aromatic heterocycles. The summed E-state index contributed by atoms with van der Waals surface area (Å²) in [5, 5.41) is 0. The van der Waals surface area contributed by atoms with Gasteiger partial charge >= 0.3 is 0 Å². The van der Waals surface area contributed by atoms with Gasteiger partial charge in [0.25, 0.3) is 15.9 Å². The van der Waals surface area contributed by atoms with E-state index < -0.39 is 28.3 Å². The Labute approximate surface area is 124 Å². The van der Waals surface area contributed by atoms with Gasteiger partial charge in [0, 0.05) is 19.6 Å². The molecule has 0 radical (unpaired) electrons. The van der Waals surface area contributed by atoms with Crippen molar-refractivity contribution in [3.05, 3.63) is 30.3 Å². The predicted molar refractivity (Wildman–Crippen MR) is 75.9 cm³/mol. The highest BCUT2D eigenvalue weighted by atomic mass is 32.2. The Balaban J connectivity index is 2.36. The monoisotopic (exact) mass is 313 g/mol. The molecule has 1 heterocycles. The molecule has 21 heavy (non-hydrogen) atoms. The van der Waals surface area contributed by atoms with Gasteiger partial charge in [0.2, 0.25) is 0 Å². The second-order valence-electron chi connectivity index (χ2n) is 4.54. The highest BCUT2D eigenvalue weighted by Gasteiger charge is 2.47. The minimum atomic E-state index is -3.93. The van der Waals surface area contributed by atoms with Gasteiger partial charge < -0.3 is 9.47 Å². The predicted octanol–water partition coefficient (Wildman–Crippen LogP) is 1.38. The highest BCUT2D eigenvalue weighted by Crippen LogP contribution is 2.29. The van der Waals surface area contributed by atoms with Crippen molar-refractivity contribution < 1.29 is 22.7 Å². The number of carbonyl (C=O) groups is 1. The molecule has 116 valence electrons. The van der Waals surface area contributed by atoms with E-state index in [4.69, 9.17) is 9.47 Å². The van der Waals surface area contributed by atoms with Crippen LogP contribution < -0.4 is 0 Å². The lowest BCUT2D eigenvalue weighted by Crippen LogP contribution is -2.41. The number of amides is 1. The zero-order valence-electron chi connectivity index (χ0n) is 12.1. The maximum atomic E-state index is 12.6. The molecule has 6 nitrogen and oxygen atoms in total. The van der Waals surface area contributed by atoms with Crippen LogP contribution in [0.15, 0.2) is 35.2 Å². The van der Waals surface area contributed by atoms with Crippen molar-refractivity contribution in [3.8, 4) is 0 Å². The van der Waals surface area contributed by atoms with E-state index in [1.165, 1.54) is 12.1 Å². The van der Waals surface area contributed by atoms with Crippen LogP contribution >= 0.6 is 0 Å². The standard InChI is InChI=1S/C14H19NO5S/c1-3-19-12-10-13(20-4-2)15(14(12)16)21(17,18)11-8-6-5-7-9-11/h5-9,12-13H,3-4,10H2,1-2H3/t12-,13-/m0/s1. The molecule has 1 aromatic rings. The van der Waals surface area contributed by atoms with Crippen LogP contribution in [0.1, 0.15) is 20.3 Å². The van der Waals surface area contributed by atoms with Crippen molar-refractivity contribution in [2.75, 3.05) is 13.2 Å². The van der Waals surface area contributed by atoms with Crippen molar-refractivity contribution in [1.82, 2.24) is 4.31 Å². The molecule has 0 unspecified atom stereocenters. The van der Waals surface area contributed by atoms with Crippen molar-refractivity contribution in [1.29, 1.82) is 0 Å². The number of hydrogen-bond donors (Lipinski definition) is 0. The summed E-state index contributed by atoms with van der Waals surface area (Å²) in [6.07, 6.45) is -1.37. The van der Waals surface area contributed by atoms with Crippen LogP contribution in [0.2, 0.25) is 0 Å². The minimum Gasteiger partial charge on any atom is -0.368 e. The first-order chi connectivity index (χ1) is 10.0. The third-order valence-corrected chi connectivity index (χ3v) is 5.00. The summed E-state index contributed by atoms with van der Waals surface area (Å²) in [6.45, 7) is 4.18. The average molecular weight is 313 g/mol. The van der Waals surface area contributed by atoms with Crippen LogP contribution in [0.5, 0.6) is 0 Å². The molecule has 1 aromatic carbocycles. The summed E-state index contributed by atoms with van der Waals surface area (Å²) in [4.78, 5) is 12.4. The fourth-order valence-electron chi connectivity index (χ4n) is 2.31. The zero-order chi connectivity index (χ0) is 15.5. The summed E-state index contributed by atoms with van der Waals surface area (Å²) < 4.78 is 36.8. The van der Waals surface area contributed by atoms with E-state index in [0.717, 1.165) is 4.31 Å². The lowest BCUT2D eigenvalue weighted by Gasteiger charge is -2.23. The number of rotatable bonds is 6. The second kappa shape index (κ2) is 6.55. The Kier molecular flexibility index (Phi) is 4.97. The summed E-state index contributed by atoms with van der Waals surface area (Å²) in [5.74, 6) is -0.570. The normalized spacial score (nSPS) is 22.8. The lowest BCUT2D eigenvalue weighted by molar-refractivity contribution is -0.135. The first-order valence-electron chi connectivity index (χ1n) is 6.88. The molecule has 2 rings (SSSR count). The minimum absolute atomic E-state index is 0.0696. The Morgan fingerprint density at radius 3 is 2.33 bits per heavy atom. The van der Waals surface area contributed by atoms with Gasteiger partial charge in [0.05, 0.1) is 4.90 Å². The van der Waals surface area contributed by atoms with E-state index in [1.54, 1.807) is 32.0 Å². The molecule has 1 saturated heterocycles. The number of sulfonamides is 1. The van der Waals surface area contributed by atoms with Gasteiger partial charge in [-0.3, -0.25) is 4.79 Å². The Bertz CT molecular complexity index is 587. The molecule has 0 bridgehead atoms. The first kappa shape index (κ1) is 15.9. The van der Waals surface area contributed by atoms with Crippen molar-refractivity contribution >= 4 is 15.9 Å². The summed E-state index contributed by atoms with van der Waals surface area (Å²) in [5.41, 5.74) is 0. The molecule has 2 atom stereocenters. The Morgan fingerprint density at radius 1 is 1.14 bits per heavy atom. The quantitative estimate of drug-likeness (QED) is 0.793. The molecular formula is C14H19NO5S. The summed E-state index contributed by atoms with van der Waals surface area (Å²) in [6, 6.07) is 7.86. The van der Waals surface area contributed by atoms with Crippen molar-refractivity contribution in [2.24, 2.45) is 0 Å². The second-order valence-corrected chi connectivity index (χ2v) is 6.36. The van der Waals surface area contributed by atoms with Crippen LogP contribution in [0, 0.1) is 0 Å². The van der Waals surface area contributed by atoms with Crippen molar-refractivity contribution in [3.63, 3.8) is 0 Å². The molecule has 0 N–H and O–H groups in total. The van der Waals surface area contributed by atoms with Gasteiger partial charge in [-0.1, -0.05) is 18.2 Å². The van der Waals surface area contributed by atoms with Gasteiger partial charge in [0.15, 0.2) is 6.23 Å². The van der Waals surface area contributed by atoms with E-state index in [0.29, 0.717) is 13.2 Å². The molecule has 1 amide bonds. The van der Waals surface area contributed by atoms with E-state index in [-0.39, 0.29) is 11.3 Å². The van der Waals surface area contributed by atoms with Gasteiger partial charge in [-0.15, -0.1) is 0 Å². The first-order valence-corrected chi connectivity index (χ1v) is 8.32. The smallest absolute Gasteiger partial charge is 0.268 e. The van der Waals surface area contributed by atoms with Crippen LogP contribution in [-0.2, 0) is 24.3 Å². The third kappa shape index (κ3) is 3.09. The van der Waals surface area contributed by atoms with Crippen LogP contribution in [0.3, 0.4) is 0 Å². The van der Waals surface area contributed by atoms with Crippen LogP contribution in [0.25, 0.3) is 0 Å². The fourth-order valence-corrected chi connectivity index (χ4v) is 3.85. The fraction of sp³-hybridized carbons (Fsp3) is 0.500. The molecule has 0 aliphatic carbocycles. The average Bonchev–Trinajstić information content (AvgIpc) is 2.77. The lowest BCUT2D eigenvalue weighted by atomic mass is 10.3. The van der Waals surface area contributed by atoms with Gasteiger partial charge in [0.1, 0.15) is 6.10 Å².